The van der Waals surface area contributed by atoms with Crippen LogP contribution in [0.2, 0.25) is 0 Å². The summed E-state index contributed by atoms with van der Waals surface area (Å²) >= 11 is 0. The lowest BCUT2D eigenvalue weighted by Crippen LogP contribution is -2.43. The van der Waals surface area contributed by atoms with Crippen molar-refractivity contribution in [3.05, 3.63) is 0 Å². The van der Waals surface area contributed by atoms with Gasteiger partial charge in [-0.05, 0) is 116 Å². The van der Waals surface area contributed by atoms with Crippen LogP contribution in [0, 0.1) is 0 Å². The monoisotopic (exact) mass is 1200 g/mol. The normalized spacial score (nSPS) is 12.8. The summed E-state index contributed by atoms with van der Waals surface area (Å²) in [4.78, 5) is 0. The molecule has 0 heterocycles. The van der Waals surface area contributed by atoms with Gasteiger partial charge in [-0.2, -0.15) is 0 Å². The van der Waals surface area contributed by atoms with Crippen LogP contribution in [-0.4, -0.2) is 153 Å². The van der Waals surface area contributed by atoms with Gasteiger partial charge in [-0.25, -0.2) is 0 Å². The van der Waals surface area contributed by atoms with Gasteiger partial charge in [0.25, 0.3) is 0 Å². The predicted molar refractivity (Wildman–Crippen MR) is 376 cm³/mol. The Balaban J connectivity index is 10.1. The summed E-state index contributed by atoms with van der Waals surface area (Å²) in [7, 11) is -2.38. The fraction of sp³-hybridized carbons (Fsp3) is 1.00. The Morgan fingerprint density at radius 1 is 0.163 bits per heavy atom. The Hall–Kier alpha value is 1.40. The molecule has 0 aromatic carbocycles. The van der Waals surface area contributed by atoms with Gasteiger partial charge in [-0.15, -0.1) is 0 Å². The van der Waals surface area contributed by atoms with Crippen molar-refractivity contribution in [3.63, 3.8) is 0 Å². The third-order valence-electron chi connectivity index (χ3n) is 16.4. The van der Waals surface area contributed by atoms with Gasteiger partial charge in [0.05, 0.1) is 10.8 Å². The summed E-state index contributed by atoms with van der Waals surface area (Å²) in [6.45, 7) is 60.2. The number of hydrogen-bond donors (Lipinski definition) is 0. The third kappa shape index (κ3) is 34.8. The zero-order chi connectivity index (χ0) is 59.4. The Bertz CT molecular complexity index is 936. The van der Waals surface area contributed by atoms with E-state index in [0.717, 1.165) is 0 Å². The summed E-state index contributed by atoms with van der Waals surface area (Å²) < 4.78 is 26.2. The summed E-state index contributed by atoms with van der Waals surface area (Å²) in [6, 6.07) is 0. The molecule has 0 radical (unpaired) electrons. The van der Waals surface area contributed by atoms with Crippen LogP contribution in [0.5, 0.6) is 0 Å². The first-order valence-corrected chi connectivity index (χ1v) is 41.6. The summed E-state index contributed by atoms with van der Waals surface area (Å²) in [6.07, 6.45) is 44.6. The van der Waals surface area contributed by atoms with Gasteiger partial charge < -0.3 is 0 Å². The van der Waals surface area contributed by atoms with Crippen molar-refractivity contribution in [2.24, 2.45) is 0 Å². The Morgan fingerprint density at radius 2 is 0.250 bits per heavy atom. The molecule has 0 aliphatic carbocycles. The number of rotatable bonds is 63. The van der Waals surface area contributed by atoms with Crippen LogP contribution in [0.1, 0.15) is 329 Å². The molecule has 0 atom stereocenters. The van der Waals surface area contributed by atoms with Crippen molar-refractivity contribution in [1.82, 2.24) is 37.4 Å². The van der Waals surface area contributed by atoms with Gasteiger partial charge in [-0.3, -0.25) is 37.4 Å². The van der Waals surface area contributed by atoms with Gasteiger partial charge in [0, 0.05) is 138 Å². The maximum atomic E-state index is 3.27. The average molecular weight is 1200 g/mol. The van der Waals surface area contributed by atoms with E-state index in [4.69, 9.17) is 0 Å². The van der Waals surface area contributed by atoms with Crippen LogP contribution in [0.4, 0.5) is 0 Å². The van der Waals surface area contributed by atoms with E-state index in [-0.39, 0.29) is 0 Å². The minimum atomic E-state index is -0.595. The first-order valence-electron chi connectivity index (χ1n) is 36.3. The molecule has 12 heteroatoms. The van der Waals surface area contributed by atoms with E-state index in [1.54, 1.807) is 0 Å². The molecular formula is C68H150N8P4. The summed E-state index contributed by atoms with van der Waals surface area (Å²) in [5, 5.41) is 1.31. The van der Waals surface area contributed by atoms with Gasteiger partial charge in [-0.1, -0.05) is 214 Å². The van der Waals surface area contributed by atoms with Gasteiger partial charge >= 0.3 is 0 Å². The molecule has 0 rings (SSSR count). The molecule has 0 bridgehead atoms. The molecule has 0 aliphatic rings. The van der Waals surface area contributed by atoms with E-state index in [9.17, 15) is 0 Å². The SMILES string of the molecule is CCCCN(CCCC)P(C(CCC(P(N(CCCC)CCCC)N(CCCC)CCCC)P(N(CCCC)CCCC)N(CCCC)CCCC)P(N(CCCC)CCCC)N(CCCC)CCCC)N(CCCC)CCCC. The standard InChI is InChI=1S/C68H150N8P4/c1-17-33-51-69(52-34-18-2)77(70(53-35-19-3)54-36-20-4)67(78(71(55-37-21-5)56-38-22-6)72(57-39-23-7)58-40-24-8)49-50-68(79(73(59-41-25-9)60-42-26-10)74(61-43-27-11)62-44-28-12)80(75(63-45-29-13)64-46-30-14)76(65-47-31-15)66-48-32-16/h67-68H,17-66H2,1-16H3. The lowest BCUT2D eigenvalue weighted by molar-refractivity contribution is 0.339. The van der Waals surface area contributed by atoms with Crippen LogP contribution in [0.3, 0.4) is 0 Å². The predicted octanol–water partition coefficient (Wildman–Crippen LogP) is 22.9. The minimum absolute atomic E-state index is 0.595. The van der Waals surface area contributed by atoms with Crippen molar-refractivity contribution < 1.29 is 0 Å². The van der Waals surface area contributed by atoms with Crippen LogP contribution in [0.25, 0.3) is 0 Å². The molecule has 0 fully saturated rings. The largest absolute Gasteiger partial charge is 0.269 e. The molecule has 0 N–H and O–H groups in total. The average Bonchev–Trinajstić information content (AvgIpc) is 3.52. The minimum Gasteiger partial charge on any atom is -0.269 e. The van der Waals surface area contributed by atoms with E-state index in [2.05, 4.69) is 148 Å². The molecule has 0 aromatic rings. The van der Waals surface area contributed by atoms with Crippen LogP contribution >= 0.6 is 32.9 Å². The van der Waals surface area contributed by atoms with Crippen LogP contribution in [0.15, 0.2) is 0 Å². The maximum absolute atomic E-state index is 3.27. The molecule has 0 spiro atoms. The van der Waals surface area contributed by atoms with Gasteiger partial charge in [0.15, 0.2) is 0 Å². The highest BCUT2D eigenvalue weighted by Gasteiger charge is 2.47. The second kappa shape index (κ2) is 58.1. The van der Waals surface area contributed by atoms with E-state index in [1.165, 1.54) is 323 Å². The molecule has 0 aliphatic heterocycles. The first-order chi connectivity index (χ1) is 39.2. The quantitative estimate of drug-likeness (QED) is 0.0556. The highest BCUT2D eigenvalue weighted by Crippen LogP contribution is 2.71. The van der Waals surface area contributed by atoms with Gasteiger partial charge in [0.2, 0.25) is 0 Å². The zero-order valence-corrected chi connectivity index (χ0v) is 61.5. The first kappa shape index (κ1) is 81.4. The van der Waals surface area contributed by atoms with Crippen LogP contribution < -0.4 is 0 Å². The summed E-state index contributed by atoms with van der Waals surface area (Å²) in [5.74, 6) is 0. The molecule has 80 heavy (non-hydrogen) atoms. The Morgan fingerprint density at radius 3 is 0.325 bits per heavy atom. The number of unbranched alkanes of at least 4 members (excludes halogenated alkanes) is 16. The fourth-order valence-corrected chi connectivity index (χ4v) is 27.6. The smallest absolute Gasteiger partial charge is 0.0535 e. The molecule has 0 amide bonds. The second-order valence-corrected chi connectivity index (χ2v) is 34.5. The molecule has 8 nitrogen and oxygen atoms in total. The van der Waals surface area contributed by atoms with E-state index >= 15 is 0 Å². The molecule has 482 valence electrons. The topological polar surface area (TPSA) is 25.9 Å². The third-order valence-corrected chi connectivity index (χ3v) is 29.9. The molecule has 0 saturated heterocycles. The molecule has 0 saturated carbocycles. The van der Waals surface area contributed by atoms with Crippen molar-refractivity contribution in [1.29, 1.82) is 0 Å². The summed E-state index contributed by atoms with van der Waals surface area (Å²) in [5.41, 5.74) is 0. The molecular weight excluding hydrogens is 1050 g/mol. The van der Waals surface area contributed by atoms with Crippen molar-refractivity contribution in [2.75, 3.05) is 105 Å². The second-order valence-electron chi connectivity index (χ2n) is 24.1. The van der Waals surface area contributed by atoms with Crippen molar-refractivity contribution >= 4 is 32.9 Å². The van der Waals surface area contributed by atoms with Crippen LogP contribution in [-0.2, 0) is 0 Å². The Labute approximate surface area is 512 Å². The lowest BCUT2D eigenvalue weighted by atomic mass is 10.3. The van der Waals surface area contributed by atoms with E-state index < -0.39 is 32.9 Å². The lowest BCUT2D eigenvalue weighted by Gasteiger charge is -2.54. The maximum Gasteiger partial charge on any atom is 0.0535 e. The zero-order valence-electron chi connectivity index (χ0n) is 57.9. The Kier molecular flexibility index (Phi) is 59.1. The van der Waals surface area contributed by atoms with Crippen molar-refractivity contribution in [3.8, 4) is 0 Å². The fourth-order valence-electron chi connectivity index (χ4n) is 11.2. The van der Waals surface area contributed by atoms with E-state index in [0.29, 0.717) is 10.8 Å². The van der Waals surface area contributed by atoms with Crippen molar-refractivity contribution in [2.45, 2.75) is 340 Å². The van der Waals surface area contributed by atoms with E-state index in [1.807, 2.05) is 0 Å². The molecule has 0 aromatic heterocycles. The highest BCUT2D eigenvalue weighted by atomic mass is 31.2. The highest BCUT2D eigenvalue weighted by molar-refractivity contribution is 7.72. The van der Waals surface area contributed by atoms with Gasteiger partial charge in [0.1, 0.15) is 0 Å². The number of hydrogen-bond acceptors (Lipinski definition) is 8. The molecule has 0 unspecified atom stereocenters. The number of nitrogens with zero attached hydrogens (tertiary/aromatic N) is 8.